The van der Waals surface area contributed by atoms with Gasteiger partial charge < -0.3 is 15.3 Å². The first kappa shape index (κ1) is 10.6. The molecule has 0 aliphatic carbocycles. The molecule has 0 saturated carbocycles. The van der Waals surface area contributed by atoms with E-state index in [9.17, 15) is 4.79 Å². The molecule has 76 valence electrons. The Morgan fingerprint density at radius 2 is 1.85 bits per heavy atom. The van der Waals surface area contributed by atoms with Crippen molar-refractivity contribution >= 4 is 18.5 Å². The maximum Gasteiger partial charge on any atom is 0.407 e. The first-order chi connectivity index (χ1) is 5.72. The van der Waals surface area contributed by atoms with Crippen LogP contribution < -0.4 is 5.32 Å². The van der Waals surface area contributed by atoms with Gasteiger partial charge >= 0.3 is 6.09 Å². The topological polar surface area (TPSA) is 52.6 Å². The van der Waals surface area contributed by atoms with Crippen molar-refractivity contribution in [2.24, 2.45) is 5.41 Å². The van der Waals surface area contributed by atoms with Gasteiger partial charge in [0.2, 0.25) is 0 Å². The predicted octanol–water partition coefficient (Wildman–Crippen LogP) is 0.772. The molecule has 0 unspecified atom stereocenters. The molecule has 0 bridgehead atoms. The highest BCUT2D eigenvalue weighted by Gasteiger charge is 2.40. The molecule has 4 nitrogen and oxygen atoms in total. The number of nitrogens with one attached hydrogen (secondary N) is 1. The predicted molar refractivity (Wildman–Crippen MR) is 51.4 cm³/mol. The van der Waals surface area contributed by atoms with Gasteiger partial charge in [-0.2, -0.15) is 0 Å². The van der Waals surface area contributed by atoms with Gasteiger partial charge in [-0.3, -0.25) is 0 Å². The number of carbonyl (C=O) groups is 1. The summed E-state index contributed by atoms with van der Waals surface area (Å²) in [4.78, 5) is 12.1. The van der Waals surface area contributed by atoms with Gasteiger partial charge in [0.15, 0.2) is 0 Å². The highest BCUT2D eigenvalue weighted by atomic mass is 35.5. The van der Waals surface area contributed by atoms with Crippen LogP contribution in [0.1, 0.15) is 12.8 Å². The summed E-state index contributed by atoms with van der Waals surface area (Å²) in [6.45, 7) is 3.61. The summed E-state index contributed by atoms with van der Waals surface area (Å²) in [6.07, 6.45) is 1.30. The minimum absolute atomic E-state index is 0. The Labute approximate surface area is 83.7 Å². The average molecular weight is 207 g/mol. The number of hydrogen-bond donors (Lipinski definition) is 2. The van der Waals surface area contributed by atoms with Crippen molar-refractivity contribution in [3.05, 3.63) is 0 Å². The van der Waals surface area contributed by atoms with Crippen LogP contribution in [0.5, 0.6) is 0 Å². The fourth-order valence-corrected chi connectivity index (χ4v) is 2.00. The molecule has 2 heterocycles. The van der Waals surface area contributed by atoms with E-state index in [1.54, 1.807) is 0 Å². The Hall–Kier alpha value is -0.480. The van der Waals surface area contributed by atoms with Crippen molar-refractivity contribution in [3.8, 4) is 0 Å². The fraction of sp³-hybridized carbons (Fsp3) is 0.875. The van der Waals surface area contributed by atoms with Crippen LogP contribution in [0.3, 0.4) is 0 Å². The minimum Gasteiger partial charge on any atom is -0.465 e. The van der Waals surface area contributed by atoms with Gasteiger partial charge in [-0.1, -0.05) is 0 Å². The molecule has 0 radical (unpaired) electrons. The zero-order chi connectivity index (χ0) is 8.60. The van der Waals surface area contributed by atoms with Crippen LogP contribution in [0.15, 0.2) is 0 Å². The molecule has 2 N–H and O–H groups in total. The van der Waals surface area contributed by atoms with E-state index in [2.05, 4.69) is 5.32 Å². The van der Waals surface area contributed by atoms with Gasteiger partial charge in [-0.05, 0) is 18.3 Å². The molecule has 2 aliphatic heterocycles. The largest absolute Gasteiger partial charge is 0.465 e. The first-order valence-electron chi connectivity index (χ1n) is 4.41. The Morgan fingerprint density at radius 3 is 2.15 bits per heavy atom. The van der Waals surface area contributed by atoms with E-state index >= 15 is 0 Å². The van der Waals surface area contributed by atoms with Crippen LogP contribution in [-0.2, 0) is 0 Å². The number of piperidine rings is 1. The Bertz CT molecular complexity index is 196. The van der Waals surface area contributed by atoms with Crippen LogP contribution in [-0.4, -0.2) is 42.3 Å². The van der Waals surface area contributed by atoms with Gasteiger partial charge in [0.05, 0.1) is 0 Å². The molecular weight excluding hydrogens is 192 g/mol. The van der Waals surface area contributed by atoms with Gasteiger partial charge in [-0.15, -0.1) is 12.4 Å². The second-order valence-electron chi connectivity index (χ2n) is 3.87. The lowest BCUT2D eigenvalue weighted by atomic mass is 9.73. The van der Waals surface area contributed by atoms with Crippen LogP contribution >= 0.6 is 12.4 Å². The van der Waals surface area contributed by atoms with Crippen molar-refractivity contribution < 1.29 is 9.90 Å². The minimum atomic E-state index is -0.767. The van der Waals surface area contributed by atoms with Crippen molar-refractivity contribution in [3.63, 3.8) is 0 Å². The zero-order valence-corrected chi connectivity index (χ0v) is 8.27. The molecule has 0 aromatic rings. The monoisotopic (exact) mass is 206 g/mol. The maximum atomic E-state index is 10.6. The second-order valence-corrected chi connectivity index (χ2v) is 3.87. The van der Waals surface area contributed by atoms with E-state index in [1.807, 2.05) is 0 Å². The normalized spacial score (nSPS) is 24.8. The SMILES string of the molecule is Cl.O=C(O)N1CCC2(CC1)CNC2. The molecule has 2 aliphatic rings. The lowest BCUT2D eigenvalue weighted by Crippen LogP contribution is -2.58. The average Bonchev–Trinajstić information content (AvgIpc) is 2.02. The molecule has 0 aromatic heterocycles. The third-order valence-corrected chi connectivity index (χ3v) is 3.09. The van der Waals surface area contributed by atoms with Crippen molar-refractivity contribution in [2.45, 2.75) is 12.8 Å². The molecule has 1 amide bonds. The number of rotatable bonds is 0. The molecule has 0 atom stereocenters. The highest BCUT2D eigenvalue weighted by Crippen LogP contribution is 2.34. The van der Waals surface area contributed by atoms with Crippen molar-refractivity contribution in [1.29, 1.82) is 0 Å². The van der Waals surface area contributed by atoms with E-state index in [1.165, 1.54) is 4.90 Å². The third-order valence-electron chi connectivity index (χ3n) is 3.09. The van der Waals surface area contributed by atoms with E-state index in [0.29, 0.717) is 5.41 Å². The smallest absolute Gasteiger partial charge is 0.407 e. The third kappa shape index (κ3) is 1.89. The van der Waals surface area contributed by atoms with Gasteiger partial charge in [0.25, 0.3) is 0 Å². The number of amides is 1. The Balaban J connectivity index is 0.000000845. The molecular formula is C8H15ClN2O2. The van der Waals surface area contributed by atoms with Crippen molar-refractivity contribution in [2.75, 3.05) is 26.2 Å². The van der Waals surface area contributed by atoms with E-state index in [-0.39, 0.29) is 12.4 Å². The summed E-state index contributed by atoms with van der Waals surface area (Å²) < 4.78 is 0. The van der Waals surface area contributed by atoms with E-state index < -0.39 is 6.09 Å². The summed E-state index contributed by atoms with van der Waals surface area (Å²) >= 11 is 0. The Morgan fingerprint density at radius 1 is 1.31 bits per heavy atom. The number of carboxylic acid groups (broad SMARTS) is 1. The van der Waals surface area contributed by atoms with Crippen LogP contribution in [0.25, 0.3) is 0 Å². The van der Waals surface area contributed by atoms with Crippen molar-refractivity contribution in [1.82, 2.24) is 10.2 Å². The molecule has 2 rings (SSSR count). The summed E-state index contributed by atoms with van der Waals surface area (Å²) in [5.74, 6) is 0. The summed E-state index contributed by atoms with van der Waals surface area (Å²) in [5, 5.41) is 12.0. The van der Waals surface area contributed by atoms with E-state index in [4.69, 9.17) is 5.11 Å². The number of nitrogens with zero attached hydrogens (tertiary/aromatic N) is 1. The van der Waals surface area contributed by atoms with Gasteiger partial charge in [-0.25, -0.2) is 4.79 Å². The lowest BCUT2D eigenvalue weighted by Gasteiger charge is -2.47. The maximum absolute atomic E-state index is 10.6. The van der Waals surface area contributed by atoms with Gasteiger partial charge in [0.1, 0.15) is 0 Å². The van der Waals surface area contributed by atoms with E-state index in [0.717, 1.165) is 39.0 Å². The molecule has 1 spiro atoms. The molecule has 5 heteroatoms. The molecule has 2 saturated heterocycles. The van der Waals surface area contributed by atoms with Gasteiger partial charge in [0, 0.05) is 26.2 Å². The first-order valence-corrected chi connectivity index (χ1v) is 4.41. The summed E-state index contributed by atoms with van der Waals surface area (Å²) in [5.41, 5.74) is 0.450. The Kier molecular flexibility index (Phi) is 3.03. The lowest BCUT2D eigenvalue weighted by molar-refractivity contribution is 0.0544. The summed E-state index contributed by atoms with van der Waals surface area (Å²) in [7, 11) is 0. The number of likely N-dealkylation sites (tertiary alicyclic amines) is 1. The molecule has 0 aromatic carbocycles. The molecule has 2 fully saturated rings. The zero-order valence-electron chi connectivity index (χ0n) is 7.45. The molecule has 13 heavy (non-hydrogen) atoms. The fourth-order valence-electron chi connectivity index (χ4n) is 2.00. The van der Waals surface area contributed by atoms with Crippen LogP contribution in [0.4, 0.5) is 4.79 Å². The van der Waals surface area contributed by atoms with Crippen LogP contribution in [0, 0.1) is 5.41 Å². The highest BCUT2D eigenvalue weighted by molar-refractivity contribution is 5.85. The summed E-state index contributed by atoms with van der Waals surface area (Å²) in [6, 6.07) is 0. The second kappa shape index (κ2) is 3.72. The number of hydrogen-bond acceptors (Lipinski definition) is 2. The standard InChI is InChI=1S/C8H14N2O2.ClH/c11-7(12)10-3-1-8(2-4-10)5-9-6-8;/h9H,1-6H2,(H,11,12);1H. The van der Waals surface area contributed by atoms with Crippen LogP contribution in [0.2, 0.25) is 0 Å². The number of halogens is 1. The quantitative estimate of drug-likeness (QED) is 0.616.